The summed E-state index contributed by atoms with van der Waals surface area (Å²) >= 11 is 0. The minimum Gasteiger partial charge on any atom is -0.281 e. The molecule has 0 aliphatic heterocycles. The third-order valence-corrected chi connectivity index (χ3v) is 3.03. The third-order valence-electron chi connectivity index (χ3n) is 3.03. The van der Waals surface area contributed by atoms with Crippen molar-refractivity contribution in [2.24, 2.45) is 5.18 Å². The largest absolute Gasteiger partial charge is 0.281 e. The molecule has 0 bridgehead atoms. The summed E-state index contributed by atoms with van der Waals surface area (Å²) in [6.07, 6.45) is 1.62. The van der Waals surface area contributed by atoms with Crippen molar-refractivity contribution in [3.63, 3.8) is 0 Å². The van der Waals surface area contributed by atoms with Gasteiger partial charge in [0.2, 0.25) is 5.82 Å². The van der Waals surface area contributed by atoms with E-state index in [1.807, 2.05) is 6.92 Å². The highest BCUT2D eigenvalue weighted by Gasteiger charge is 2.18. The number of pyridine rings is 1. The molecule has 0 radical (unpaired) electrons. The van der Waals surface area contributed by atoms with Crippen LogP contribution in [-0.2, 0) is 0 Å². The first-order valence-corrected chi connectivity index (χ1v) is 5.87. The maximum atomic E-state index is 13.8. The van der Waals surface area contributed by atoms with E-state index in [0.29, 0.717) is 5.65 Å². The molecule has 0 saturated carbocycles. The lowest BCUT2D eigenvalue weighted by Crippen LogP contribution is -1.87. The molecule has 2 aromatic heterocycles. The minimum absolute atomic E-state index is 0.0302. The molecule has 0 saturated heterocycles. The first-order chi connectivity index (χ1) is 9.60. The van der Waals surface area contributed by atoms with Crippen molar-refractivity contribution in [3.05, 3.63) is 58.6 Å². The summed E-state index contributed by atoms with van der Waals surface area (Å²) in [5, 5.41) is 2.90. The number of rotatable bonds is 2. The number of imidazole rings is 1. The summed E-state index contributed by atoms with van der Waals surface area (Å²) < 4.78 is 28.5. The highest BCUT2D eigenvalue weighted by atomic mass is 19.1. The number of benzene rings is 1. The van der Waals surface area contributed by atoms with Crippen molar-refractivity contribution < 1.29 is 8.78 Å². The predicted molar refractivity (Wildman–Crippen MR) is 70.7 cm³/mol. The Labute approximate surface area is 112 Å². The van der Waals surface area contributed by atoms with Gasteiger partial charge in [-0.25, -0.2) is 13.8 Å². The van der Waals surface area contributed by atoms with Crippen LogP contribution in [0.2, 0.25) is 0 Å². The van der Waals surface area contributed by atoms with Crippen molar-refractivity contribution >= 4 is 11.5 Å². The fourth-order valence-electron chi connectivity index (χ4n) is 2.08. The Morgan fingerprint density at radius 1 is 1.20 bits per heavy atom. The first kappa shape index (κ1) is 12.4. The van der Waals surface area contributed by atoms with Crippen LogP contribution in [0.5, 0.6) is 0 Å². The molecule has 1 aromatic carbocycles. The number of aromatic nitrogens is 2. The fourth-order valence-corrected chi connectivity index (χ4v) is 2.08. The minimum atomic E-state index is -0.656. The van der Waals surface area contributed by atoms with Crippen LogP contribution in [0.25, 0.3) is 16.9 Å². The molecule has 3 rings (SSSR count). The molecule has 0 N–H and O–H groups in total. The van der Waals surface area contributed by atoms with Gasteiger partial charge in [0.15, 0.2) is 0 Å². The van der Waals surface area contributed by atoms with Gasteiger partial charge in [0.1, 0.15) is 23.0 Å². The highest BCUT2D eigenvalue weighted by Crippen LogP contribution is 2.33. The number of aryl methyl sites for hydroxylation is 1. The molecule has 6 heteroatoms. The van der Waals surface area contributed by atoms with Crippen LogP contribution in [-0.4, -0.2) is 9.38 Å². The van der Waals surface area contributed by atoms with E-state index in [0.717, 1.165) is 23.8 Å². The second-order valence-electron chi connectivity index (χ2n) is 4.43. The predicted octanol–water partition coefficient (Wildman–Crippen LogP) is 3.99. The number of nitroso groups, excluding NO2 is 1. The van der Waals surface area contributed by atoms with Gasteiger partial charge >= 0.3 is 0 Å². The van der Waals surface area contributed by atoms with Crippen LogP contribution in [0, 0.1) is 23.5 Å². The molecule has 0 aliphatic rings. The lowest BCUT2D eigenvalue weighted by atomic mass is 10.1. The van der Waals surface area contributed by atoms with Gasteiger partial charge in [-0.3, -0.25) is 4.40 Å². The monoisotopic (exact) mass is 273 g/mol. The van der Waals surface area contributed by atoms with Crippen LogP contribution in [0.3, 0.4) is 0 Å². The van der Waals surface area contributed by atoms with E-state index in [-0.39, 0.29) is 17.1 Å². The standard InChI is InChI=1S/C14H9F2N3O/c1-8-4-5-19-12(6-8)17-13(14(19)18-20)10-7-9(15)2-3-11(10)16/h2-7H,1H3. The normalized spacial score (nSPS) is 10.9. The van der Waals surface area contributed by atoms with Crippen molar-refractivity contribution in [2.75, 3.05) is 0 Å². The Balaban J connectivity index is 2.35. The van der Waals surface area contributed by atoms with Gasteiger partial charge in [0.25, 0.3) is 0 Å². The molecule has 0 unspecified atom stereocenters. The molecule has 100 valence electrons. The van der Waals surface area contributed by atoms with E-state index in [9.17, 15) is 13.7 Å². The third kappa shape index (κ3) is 1.85. The van der Waals surface area contributed by atoms with Gasteiger partial charge in [-0.1, -0.05) is 0 Å². The Bertz CT molecular complexity index is 827. The van der Waals surface area contributed by atoms with Crippen LogP contribution in [0.4, 0.5) is 14.6 Å². The smallest absolute Gasteiger partial charge is 0.209 e. The van der Waals surface area contributed by atoms with Crippen LogP contribution >= 0.6 is 0 Å². The van der Waals surface area contributed by atoms with E-state index < -0.39 is 11.6 Å². The zero-order chi connectivity index (χ0) is 14.3. The number of hydrogen-bond donors (Lipinski definition) is 0. The van der Waals surface area contributed by atoms with Crippen LogP contribution < -0.4 is 0 Å². The first-order valence-electron chi connectivity index (χ1n) is 5.87. The number of halogens is 2. The molecule has 3 aromatic rings. The summed E-state index contributed by atoms with van der Waals surface area (Å²) in [4.78, 5) is 15.2. The summed E-state index contributed by atoms with van der Waals surface area (Å²) in [6.45, 7) is 1.87. The second kappa shape index (κ2) is 4.48. The molecule has 0 fully saturated rings. The average Bonchev–Trinajstić information content (AvgIpc) is 2.78. The molecule has 0 spiro atoms. The molecule has 2 heterocycles. The Morgan fingerprint density at radius 2 is 2.00 bits per heavy atom. The average molecular weight is 273 g/mol. The van der Waals surface area contributed by atoms with Gasteiger partial charge in [0.05, 0.1) is 0 Å². The van der Waals surface area contributed by atoms with Gasteiger partial charge in [-0.15, -0.1) is 4.91 Å². The molecule has 0 amide bonds. The lowest BCUT2D eigenvalue weighted by molar-refractivity contribution is 0.603. The van der Waals surface area contributed by atoms with Crippen molar-refractivity contribution in [1.29, 1.82) is 0 Å². The quantitative estimate of drug-likeness (QED) is 0.663. The lowest BCUT2D eigenvalue weighted by Gasteiger charge is -2.00. The molecule has 20 heavy (non-hydrogen) atoms. The molecular weight excluding hydrogens is 264 g/mol. The number of nitrogens with zero attached hydrogens (tertiary/aromatic N) is 3. The number of fused-ring (bicyclic) bond motifs is 1. The van der Waals surface area contributed by atoms with Gasteiger partial charge < -0.3 is 0 Å². The van der Waals surface area contributed by atoms with Crippen molar-refractivity contribution in [1.82, 2.24) is 9.38 Å². The molecule has 0 aliphatic carbocycles. The summed E-state index contributed by atoms with van der Waals surface area (Å²) in [6, 6.07) is 6.50. The highest BCUT2D eigenvalue weighted by molar-refractivity contribution is 5.75. The van der Waals surface area contributed by atoms with Crippen LogP contribution in [0.15, 0.2) is 41.7 Å². The molecular formula is C14H9F2N3O. The van der Waals surface area contributed by atoms with Gasteiger partial charge in [-0.05, 0) is 48.0 Å². The van der Waals surface area contributed by atoms with E-state index in [1.165, 1.54) is 4.40 Å². The van der Waals surface area contributed by atoms with E-state index in [2.05, 4.69) is 10.2 Å². The summed E-state index contributed by atoms with van der Waals surface area (Å²) in [5.41, 5.74) is 1.34. The zero-order valence-electron chi connectivity index (χ0n) is 10.5. The Morgan fingerprint density at radius 3 is 2.75 bits per heavy atom. The van der Waals surface area contributed by atoms with Crippen LogP contribution in [0.1, 0.15) is 5.56 Å². The Kier molecular flexibility index (Phi) is 2.78. The zero-order valence-corrected chi connectivity index (χ0v) is 10.5. The van der Waals surface area contributed by atoms with E-state index in [4.69, 9.17) is 0 Å². The van der Waals surface area contributed by atoms with Crippen molar-refractivity contribution in [2.45, 2.75) is 6.92 Å². The Hall–Kier alpha value is -2.63. The number of hydrogen-bond acceptors (Lipinski definition) is 3. The maximum Gasteiger partial charge on any atom is 0.209 e. The topological polar surface area (TPSA) is 46.7 Å². The molecule has 4 nitrogen and oxygen atoms in total. The second-order valence-corrected chi connectivity index (χ2v) is 4.43. The molecule has 0 atom stereocenters. The van der Waals surface area contributed by atoms with Gasteiger partial charge in [-0.2, -0.15) is 0 Å². The summed E-state index contributed by atoms with van der Waals surface area (Å²) in [7, 11) is 0. The maximum absolute atomic E-state index is 13.8. The van der Waals surface area contributed by atoms with E-state index in [1.54, 1.807) is 18.3 Å². The van der Waals surface area contributed by atoms with E-state index >= 15 is 0 Å². The van der Waals surface area contributed by atoms with Gasteiger partial charge in [0, 0.05) is 11.8 Å². The SMILES string of the molecule is Cc1ccn2c(N=O)c(-c3cc(F)ccc3F)nc2c1. The summed E-state index contributed by atoms with van der Waals surface area (Å²) in [5.74, 6) is -1.31. The fraction of sp³-hybridized carbons (Fsp3) is 0.0714. The van der Waals surface area contributed by atoms with Crippen molar-refractivity contribution in [3.8, 4) is 11.3 Å².